The highest BCUT2D eigenvalue weighted by atomic mass is 79.9. The normalized spacial score (nSPS) is 12.4. The predicted molar refractivity (Wildman–Crippen MR) is 85.8 cm³/mol. The van der Waals surface area contributed by atoms with Gasteiger partial charge >= 0.3 is 0 Å². The summed E-state index contributed by atoms with van der Waals surface area (Å²) in [4.78, 5) is 0. The number of hydrogen-bond donors (Lipinski definition) is 1. The summed E-state index contributed by atoms with van der Waals surface area (Å²) in [5.74, 6) is -0.158. The van der Waals surface area contributed by atoms with Crippen LogP contribution in [0.4, 0.5) is 4.39 Å². The van der Waals surface area contributed by atoms with E-state index in [-0.39, 0.29) is 11.9 Å². The molecule has 0 heterocycles. The molecule has 4 heteroatoms. The largest absolute Gasteiger partial charge is 0.316 e. The van der Waals surface area contributed by atoms with Gasteiger partial charge in [-0.1, -0.05) is 51.8 Å². The van der Waals surface area contributed by atoms with Crippen molar-refractivity contribution in [3.05, 3.63) is 68.9 Å². The van der Waals surface area contributed by atoms with Gasteiger partial charge in [0, 0.05) is 15.5 Å². The number of rotatable bonds is 5. The zero-order valence-corrected chi connectivity index (χ0v) is 13.5. The minimum atomic E-state index is -0.158. The molecule has 2 aromatic rings. The Labute approximate surface area is 132 Å². The van der Waals surface area contributed by atoms with Crippen molar-refractivity contribution in [2.24, 2.45) is 0 Å². The van der Waals surface area contributed by atoms with Gasteiger partial charge in [-0.3, -0.25) is 0 Å². The van der Waals surface area contributed by atoms with Gasteiger partial charge in [-0.15, -0.1) is 0 Å². The molecule has 106 valence electrons. The van der Waals surface area contributed by atoms with Crippen LogP contribution in [0.3, 0.4) is 0 Å². The van der Waals surface area contributed by atoms with Crippen LogP contribution in [0.2, 0.25) is 5.02 Å². The molecule has 0 saturated carbocycles. The van der Waals surface area contributed by atoms with Gasteiger partial charge in [-0.2, -0.15) is 0 Å². The molecule has 0 radical (unpaired) electrons. The Kier molecular flexibility index (Phi) is 5.58. The third kappa shape index (κ3) is 4.05. The standard InChI is InChI=1S/C16H16BrClFN/c1-20-14(9-12-4-2-3-5-16(12)19)8-11-6-7-13(17)10-15(11)18/h2-7,10,14,20H,8-9H2,1H3. The summed E-state index contributed by atoms with van der Waals surface area (Å²) in [6.07, 6.45) is 1.40. The third-order valence-electron chi connectivity index (χ3n) is 3.31. The van der Waals surface area contributed by atoms with E-state index in [0.717, 1.165) is 27.0 Å². The van der Waals surface area contributed by atoms with Gasteiger partial charge in [0.2, 0.25) is 0 Å². The second-order valence-electron chi connectivity index (χ2n) is 4.72. The fourth-order valence-electron chi connectivity index (χ4n) is 2.16. The van der Waals surface area contributed by atoms with Crippen molar-refractivity contribution in [3.63, 3.8) is 0 Å². The Morgan fingerprint density at radius 3 is 2.50 bits per heavy atom. The van der Waals surface area contributed by atoms with E-state index in [1.54, 1.807) is 6.07 Å². The third-order valence-corrected chi connectivity index (χ3v) is 4.16. The van der Waals surface area contributed by atoms with Crippen LogP contribution in [0.1, 0.15) is 11.1 Å². The summed E-state index contributed by atoms with van der Waals surface area (Å²) in [7, 11) is 1.89. The predicted octanol–water partition coefficient (Wildman–Crippen LogP) is 4.61. The van der Waals surface area contributed by atoms with Crippen LogP contribution in [-0.2, 0) is 12.8 Å². The molecule has 0 saturated heterocycles. The van der Waals surface area contributed by atoms with Crippen molar-refractivity contribution in [1.29, 1.82) is 0 Å². The average molecular weight is 357 g/mol. The Balaban J connectivity index is 2.11. The highest BCUT2D eigenvalue weighted by Gasteiger charge is 2.13. The molecule has 0 aromatic heterocycles. The first-order valence-corrected chi connectivity index (χ1v) is 7.62. The first kappa shape index (κ1) is 15.5. The highest BCUT2D eigenvalue weighted by molar-refractivity contribution is 9.10. The molecule has 0 aliphatic rings. The maximum Gasteiger partial charge on any atom is 0.126 e. The van der Waals surface area contributed by atoms with E-state index in [1.165, 1.54) is 6.07 Å². The lowest BCUT2D eigenvalue weighted by molar-refractivity contribution is 0.532. The summed E-state index contributed by atoms with van der Waals surface area (Å²) >= 11 is 9.63. The molecular weight excluding hydrogens is 341 g/mol. The van der Waals surface area contributed by atoms with Crippen LogP contribution >= 0.6 is 27.5 Å². The number of hydrogen-bond acceptors (Lipinski definition) is 1. The molecule has 2 rings (SSSR count). The Morgan fingerprint density at radius 1 is 1.15 bits per heavy atom. The number of halogens is 3. The van der Waals surface area contributed by atoms with Crippen molar-refractivity contribution in [2.75, 3.05) is 7.05 Å². The van der Waals surface area contributed by atoms with Crippen LogP contribution in [0, 0.1) is 5.82 Å². The van der Waals surface area contributed by atoms with Crippen molar-refractivity contribution < 1.29 is 4.39 Å². The van der Waals surface area contributed by atoms with Gasteiger partial charge < -0.3 is 5.32 Å². The fraction of sp³-hybridized carbons (Fsp3) is 0.250. The topological polar surface area (TPSA) is 12.0 Å². The lowest BCUT2D eigenvalue weighted by atomic mass is 9.99. The summed E-state index contributed by atoms with van der Waals surface area (Å²) < 4.78 is 14.7. The van der Waals surface area contributed by atoms with Crippen LogP contribution < -0.4 is 5.32 Å². The quantitative estimate of drug-likeness (QED) is 0.824. The van der Waals surface area contributed by atoms with E-state index in [4.69, 9.17) is 11.6 Å². The molecule has 0 aliphatic heterocycles. The van der Waals surface area contributed by atoms with Gasteiger partial charge in [0.15, 0.2) is 0 Å². The second-order valence-corrected chi connectivity index (χ2v) is 6.04. The van der Waals surface area contributed by atoms with Gasteiger partial charge in [0.25, 0.3) is 0 Å². The number of benzene rings is 2. The second kappa shape index (κ2) is 7.21. The fourth-order valence-corrected chi connectivity index (χ4v) is 2.91. The molecule has 1 atom stereocenters. The zero-order chi connectivity index (χ0) is 14.5. The molecule has 0 fully saturated rings. The average Bonchev–Trinajstić information content (AvgIpc) is 2.43. The summed E-state index contributed by atoms with van der Waals surface area (Å²) in [5, 5.41) is 3.96. The van der Waals surface area contributed by atoms with Gasteiger partial charge in [-0.25, -0.2) is 4.39 Å². The summed E-state index contributed by atoms with van der Waals surface area (Å²) in [5.41, 5.74) is 1.78. The Bertz CT molecular complexity index is 588. The van der Waals surface area contributed by atoms with E-state index < -0.39 is 0 Å². The maximum absolute atomic E-state index is 13.7. The van der Waals surface area contributed by atoms with Crippen molar-refractivity contribution in [1.82, 2.24) is 5.32 Å². The zero-order valence-electron chi connectivity index (χ0n) is 11.2. The number of likely N-dealkylation sites (N-methyl/N-ethyl adjacent to an activating group) is 1. The van der Waals surface area contributed by atoms with E-state index in [2.05, 4.69) is 21.2 Å². The van der Waals surface area contributed by atoms with Crippen LogP contribution in [0.5, 0.6) is 0 Å². The molecule has 1 nitrogen and oxygen atoms in total. The van der Waals surface area contributed by atoms with E-state index in [9.17, 15) is 4.39 Å². The molecule has 0 amide bonds. The van der Waals surface area contributed by atoms with Crippen LogP contribution in [-0.4, -0.2) is 13.1 Å². The molecule has 0 bridgehead atoms. The smallest absolute Gasteiger partial charge is 0.126 e. The number of nitrogens with one attached hydrogen (secondary N) is 1. The van der Waals surface area contributed by atoms with Gasteiger partial charge in [-0.05, 0) is 49.2 Å². The van der Waals surface area contributed by atoms with E-state index in [1.807, 2.05) is 37.4 Å². The molecule has 0 spiro atoms. The van der Waals surface area contributed by atoms with Gasteiger partial charge in [0.05, 0.1) is 0 Å². The maximum atomic E-state index is 13.7. The lowest BCUT2D eigenvalue weighted by Crippen LogP contribution is -2.30. The molecular formula is C16H16BrClFN. The Morgan fingerprint density at radius 2 is 1.85 bits per heavy atom. The minimum Gasteiger partial charge on any atom is -0.316 e. The molecule has 20 heavy (non-hydrogen) atoms. The lowest BCUT2D eigenvalue weighted by Gasteiger charge is -2.17. The first-order valence-electron chi connectivity index (χ1n) is 6.44. The van der Waals surface area contributed by atoms with Crippen LogP contribution in [0.15, 0.2) is 46.9 Å². The molecule has 0 aliphatic carbocycles. The molecule has 1 unspecified atom stereocenters. The summed E-state index contributed by atoms with van der Waals surface area (Å²) in [6.45, 7) is 0. The van der Waals surface area contributed by atoms with Crippen LogP contribution in [0.25, 0.3) is 0 Å². The van der Waals surface area contributed by atoms with E-state index >= 15 is 0 Å². The minimum absolute atomic E-state index is 0.144. The van der Waals surface area contributed by atoms with Crippen molar-refractivity contribution >= 4 is 27.5 Å². The van der Waals surface area contributed by atoms with Gasteiger partial charge in [0.1, 0.15) is 5.82 Å². The summed E-state index contributed by atoms with van der Waals surface area (Å²) in [6, 6.07) is 12.9. The first-order chi connectivity index (χ1) is 9.60. The highest BCUT2D eigenvalue weighted by Crippen LogP contribution is 2.23. The Hall–Kier alpha value is -0.900. The molecule has 1 N–H and O–H groups in total. The molecule has 2 aromatic carbocycles. The van der Waals surface area contributed by atoms with Crippen molar-refractivity contribution in [2.45, 2.75) is 18.9 Å². The SMILES string of the molecule is CNC(Cc1ccccc1F)Cc1ccc(Br)cc1Cl. The monoisotopic (exact) mass is 355 g/mol. The van der Waals surface area contributed by atoms with Crippen molar-refractivity contribution in [3.8, 4) is 0 Å². The van der Waals surface area contributed by atoms with E-state index in [0.29, 0.717) is 6.42 Å².